The lowest BCUT2D eigenvalue weighted by Gasteiger charge is -2.18. The number of rotatable bonds is 5. The fraction of sp³-hybridized carbons (Fsp3) is 0.211. The fourth-order valence-electron chi connectivity index (χ4n) is 2.98. The van der Waals surface area contributed by atoms with Crippen molar-refractivity contribution in [1.29, 1.82) is 0 Å². The van der Waals surface area contributed by atoms with Gasteiger partial charge in [0, 0.05) is 29.0 Å². The molecule has 2 N–H and O–H groups in total. The molecular weight excluding hydrogens is 427 g/mol. The number of hydrogen-bond donors (Lipinski definition) is 2. The maximum Gasteiger partial charge on any atom is 0.241 e. The Bertz CT molecular complexity index is 1070. The SMILES string of the molecule is CP(=O)(O)C(C(=O)N/C=C/C1=CC(F)=C(F)CC1)c1csc2ccc(Cl)cc12. The van der Waals surface area contributed by atoms with Crippen LogP contribution in [-0.2, 0) is 9.36 Å². The van der Waals surface area contributed by atoms with Crippen molar-refractivity contribution in [3.05, 3.63) is 69.7 Å². The highest BCUT2D eigenvalue weighted by Crippen LogP contribution is 2.54. The molecule has 0 saturated heterocycles. The summed E-state index contributed by atoms with van der Waals surface area (Å²) in [5, 5.41) is 5.26. The second kappa shape index (κ2) is 8.29. The Kier molecular flexibility index (Phi) is 6.20. The zero-order chi connectivity index (χ0) is 20.5. The largest absolute Gasteiger partial charge is 0.344 e. The molecule has 3 rings (SSSR count). The maximum atomic E-state index is 13.3. The van der Waals surface area contributed by atoms with Crippen LogP contribution in [0.15, 0.2) is 59.2 Å². The lowest BCUT2D eigenvalue weighted by atomic mass is 10.0. The van der Waals surface area contributed by atoms with Crippen LogP contribution in [0.2, 0.25) is 5.02 Å². The van der Waals surface area contributed by atoms with E-state index in [1.807, 2.05) is 0 Å². The first-order chi connectivity index (χ1) is 13.2. The molecule has 148 valence electrons. The Labute approximate surface area is 169 Å². The van der Waals surface area contributed by atoms with Gasteiger partial charge in [0.05, 0.1) is 0 Å². The minimum Gasteiger partial charge on any atom is -0.344 e. The summed E-state index contributed by atoms with van der Waals surface area (Å²) in [6.45, 7) is 1.13. The van der Waals surface area contributed by atoms with Crippen LogP contribution in [0.3, 0.4) is 0 Å². The summed E-state index contributed by atoms with van der Waals surface area (Å²) in [6.07, 6.45) is 4.04. The van der Waals surface area contributed by atoms with Gasteiger partial charge in [0.2, 0.25) is 13.3 Å². The molecule has 0 saturated carbocycles. The van der Waals surface area contributed by atoms with Gasteiger partial charge in [0.25, 0.3) is 0 Å². The van der Waals surface area contributed by atoms with E-state index in [1.54, 1.807) is 23.6 Å². The summed E-state index contributed by atoms with van der Waals surface area (Å²) in [4.78, 5) is 22.9. The Morgan fingerprint density at radius 3 is 2.82 bits per heavy atom. The number of carbonyl (C=O) groups is 1. The molecule has 9 heteroatoms. The molecule has 2 aromatic rings. The molecule has 0 bridgehead atoms. The molecule has 0 aliphatic heterocycles. The van der Waals surface area contributed by atoms with Crippen molar-refractivity contribution in [2.45, 2.75) is 18.5 Å². The highest BCUT2D eigenvalue weighted by molar-refractivity contribution is 7.58. The first-order valence-corrected chi connectivity index (χ1v) is 11.8. The first-order valence-electron chi connectivity index (χ1n) is 8.35. The molecular formula is C19H17ClF2NO3PS. The molecule has 0 radical (unpaired) electrons. The Hall–Kier alpha value is -1.79. The topological polar surface area (TPSA) is 66.4 Å². The van der Waals surface area contributed by atoms with Crippen LogP contribution in [-0.4, -0.2) is 17.5 Å². The van der Waals surface area contributed by atoms with E-state index in [0.717, 1.165) is 17.4 Å². The number of halogens is 3. The molecule has 1 aliphatic carbocycles. The van der Waals surface area contributed by atoms with Gasteiger partial charge in [0.15, 0.2) is 5.83 Å². The van der Waals surface area contributed by atoms with Crippen molar-refractivity contribution in [3.63, 3.8) is 0 Å². The highest BCUT2D eigenvalue weighted by Gasteiger charge is 2.36. The van der Waals surface area contributed by atoms with Gasteiger partial charge in [-0.1, -0.05) is 11.6 Å². The number of hydrogen-bond acceptors (Lipinski definition) is 3. The molecule has 2 atom stereocenters. The van der Waals surface area contributed by atoms with Crippen molar-refractivity contribution >= 4 is 46.3 Å². The van der Waals surface area contributed by atoms with Crippen LogP contribution in [0.1, 0.15) is 24.1 Å². The molecule has 1 aromatic carbocycles. The number of carbonyl (C=O) groups excluding carboxylic acids is 1. The van der Waals surface area contributed by atoms with Crippen LogP contribution in [0, 0.1) is 0 Å². The molecule has 0 fully saturated rings. The van der Waals surface area contributed by atoms with Gasteiger partial charge >= 0.3 is 0 Å². The monoisotopic (exact) mass is 443 g/mol. The summed E-state index contributed by atoms with van der Waals surface area (Å²) >= 11 is 7.38. The Balaban J connectivity index is 1.85. The second-order valence-corrected chi connectivity index (χ2v) is 10.2. The number of benzene rings is 1. The lowest BCUT2D eigenvalue weighted by Crippen LogP contribution is -2.25. The fourth-order valence-corrected chi connectivity index (χ4v) is 5.46. The van der Waals surface area contributed by atoms with Crippen molar-refractivity contribution < 1.29 is 23.0 Å². The third-order valence-corrected chi connectivity index (χ3v) is 7.00. The van der Waals surface area contributed by atoms with E-state index in [2.05, 4.69) is 5.32 Å². The van der Waals surface area contributed by atoms with Gasteiger partial charge in [-0.3, -0.25) is 9.36 Å². The third kappa shape index (κ3) is 4.61. The van der Waals surface area contributed by atoms with E-state index in [4.69, 9.17) is 11.6 Å². The first kappa shape index (κ1) is 20.9. The van der Waals surface area contributed by atoms with Gasteiger partial charge in [-0.2, -0.15) is 0 Å². The van der Waals surface area contributed by atoms with Gasteiger partial charge in [0.1, 0.15) is 11.5 Å². The van der Waals surface area contributed by atoms with Gasteiger partial charge in [-0.05, 0) is 58.7 Å². The maximum absolute atomic E-state index is 13.3. The summed E-state index contributed by atoms with van der Waals surface area (Å²) in [7, 11) is -3.84. The van der Waals surface area contributed by atoms with Gasteiger partial charge in [-0.15, -0.1) is 11.3 Å². The van der Waals surface area contributed by atoms with Crippen molar-refractivity contribution in [1.82, 2.24) is 5.32 Å². The predicted molar refractivity (Wildman–Crippen MR) is 109 cm³/mol. The average molecular weight is 444 g/mol. The number of thiophene rings is 1. The summed E-state index contributed by atoms with van der Waals surface area (Å²) in [6, 6.07) is 5.15. The standard InChI is InChI=1S/C19H17ClF2NO3PS/c1-27(25,26)18(14-10-28-17-5-3-12(20)9-13(14)17)19(24)23-7-6-11-2-4-15(21)16(22)8-11/h3,5-10,18H,2,4H2,1H3,(H,23,24)(H,25,26)/b7-6+. The lowest BCUT2D eigenvalue weighted by molar-refractivity contribution is -0.120. The van der Waals surface area contributed by atoms with Crippen molar-refractivity contribution in [3.8, 4) is 0 Å². The number of nitrogens with one attached hydrogen (secondary N) is 1. The minimum atomic E-state index is -3.84. The molecule has 1 heterocycles. The van der Waals surface area contributed by atoms with E-state index in [0.29, 0.717) is 28.0 Å². The van der Waals surface area contributed by atoms with Crippen LogP contribution in [0.4, 0.5) is 8.78 Å². The van der Waals surface area contributed by atoms with Crippen LogP contribution in [0.5, 0.6) is 0 Å². The van der Waals surface area contributed by atoms with E-state index in [-0.39, 0.29) is 6.42 Å². The van der Waals surface area contributed by atoms with Crippen LogP contribution in [0.25, 0.3) is 10.1 Å². The summed E-state index contributed by atoms with van der Waals surface area (Å²) in [5.74, 6) is -2.38. The molecule has 1 aliphatic rings. The molecule has 4 nitrogen and oxygen atoms in total. The van der Waals surface area contributed by atoms with E-state index in [1.165, 1.54) is 23.6 Å². The Morgan fingerprint density at radius 2 is 2.14 bits per heavy atom. The second-order valence-electron chi connectivity index (χ2n) is 6.49. The Morgan fingerprint density at radius 1 is 1.39 bits per heavy atom. The molecule has 0 spiro atoms. The highest BCUT2D eigenvalue weighted by atomic mass is 35.5. The number of allylic oxidation sites excluding steroid dienone is 5. The summed E-state index contributed by atoms with van der Waals surface area (Å²) in [5.41, 5.74) is -0.347. The van der Waals surface area contributed by atoms with E-state index >= 15 is 0 Å². The normalized spacial score (nSPS) is 18.2. The predicted octanol–water partition coefficient (Wildman–Crippen LogP) is 6.00. The van der Waals surface area contributed by atoms with Crippen molar-refractivity contribution in [2.75, 3.05) is 6.66 Å². The summed E-state index contributed by atoms with van der Waals surface area (Å²) < 4.78 is 39.6. The third-order valence-electron chi connectivity index (χ3n) is 4.31. The molecule has 2 unspecified atom stereocenters. The quantitative estimate of drug-likeness (QED) is 0.557. The van der Waals surface area contributed by atoms with E-state index in [9.17, 15) is 23.0 Å². The zero-order valence-corrected chi connectivity index (χ0v) is 17.3. The van der Waals surface area contributed by atoms with E-state index < -0.39 is 30.6 Å². The van der Waals surface area contributed by atoms with Crippen LogP contribution < -0.4 is 5.32 Å². The number of fused-ring (bicyclic) bond motifs is 1. The van der Waals surface area contributed by atoms with Crippen molar-refractivity contribution in [2.24, 2.45) is 0 Å². The minimum absolute atomic E-state index is 0.0406. The smallest absolute Gasteiger partial charge is 0.241 e. The van der Waals surface area contributed by atoms with Gasteiger partial charge < -0.3 is 10.2 Å². The molecule has 1 aromatic heterocycles. The number of amides is 1. The van der Waals surface area contributed by atoms with Crippen LogP contribution >= 0.6 is 30.3 Å². The molecule has 28 heavy (non-hydrogen) atoms. The van der Waals surface area contributed by atoms with Gasteiger partial charge in [-0.25, -0.2) is 8.78 Å². The zero-order valence-electron chi connectivity index (χ0n) is 14.8. The molecule has 1 amide bonds. The average Bonchev–Trinajstić information content (AvgIpc) is 3.00.